The molecular weight excluding hydrogens is 512 g/mol. The molecule has 1 amide bonds. The number of nitro groups is 1. The number of aryl methyl sites for hydroxylation is 1. The topological polar surface area (TPSA) is 134 Å². The molecule has 200 valence electrons. The summed E-state index contributed by atoms with van der Waals surface area (Å²) in [6.07, 6.45) is 0.792. The number of amides is 1. The van der Waals surface area contributed by atoms with E-state index in [9.17, 15) is 23.3 Å². The van der Waals surface area contributed by atoms with Crippen molar-refractivity contribution in [3.63, 3.8) is 0 Å². The predicted molar refractivity (Wildman–Crippen MR) is 139 cm³/mol. The Kier molecular flexibility index (Phi) is 7.86. The van der Waals surface area contributed by atoms with Crippen molar-refractivity contribution in [3.05, 3.63) is 87.5 Å². The van der Waals surface area contributed by atoms with Gasteiger partial charge < -0.3 is 19.0 Å². The third-order valence-electron chi connectivity index (χ3n) is 6.06. The molecule has 0 aliphatic carbocycles. The fourth-order valence-corrected chi connectivity index (χ4v) is 5.22. The minimum Gasteiger partial charge on any atom is -0.490 e. The van der Waals surface area contributed by atoms with Crippen LogP contribution in [0.25, 0.3) is 0 Å². The molecule has 0 unspecified atom stereocenters. The Morgan fingerprint density at radius 1 is 1.00 bits per heavy atom. The fourth-order valence-electron chi connectivity index (χ4n) is 4.04. The molecule has 4 rings (SSSR count). The molecule has 1 N–H and O–H groups in total. The van der Waals surface area contributed by atoms with Crippen LogP contribution < -0.4 is 19.0 Å². The van der Waals surface area contributed by atoms with E-state index >= 15 is 0 Å². The standard InChI is InChI=1S/C27H28N2O8S/c1-17(2)26(20-8-12-23-24(15-20)36-14-4-13-35-23)28-27(30)19-6-10-22(11-7-19)37-38(33,34)25-16-21(29(31)32)9-5-18(25)3/h5-12,15-17,26H,4,13-14H2,1-3H3,(H,28,30)/t26-/m1/s1. The molecule has 0 fully saturated rings. The molecule has 1 heterocycles. The molecule has 0 aromatic heterocycles. The van der Waals surface area contributed by atoms with Crippen LogP contribution in [0.5, 0.6) is 17.2 Å². The van der Waals surface area contributed by atoms with Crippen LogP contribution in [0.15, 0.2) is 65.6 Å². The molecule has 3 aromatic carbocycles. The van der Waals surface area contributed by atoms with Crippen LogP contribution >= 0.6 is 0 Å². The number of carbonyl (C=O) groups excluding carboxylic acids is 1. The van der Waals surface area contributed by atoms with Crippen LogP contribution in [-0.4, -0.2) is 32.5 Å². The summed E-state index contributed by atoms with van der Waals surface area (Å²) in [5.41, 5.74) is 1.12. The number of hydrogen-bond donors (Lipinski definition) is 1. The Morgan fingerprint density at radius 2 is 1.68 bits per heavy atom. The van der Waals surface area contributed by atoms with Crippen LogP contribution in [0.1, 0.15) is 47.8 Å². The molecule has 0 radical (unpaired) electrons. The average Bonchev–Trinajstić information content (AvgIpc) is 3.12. The predicted octanol–water partition coefficient (Wildman–Crippen LogP) is 4.96. The van der Waals surface area contributed by atoms with Crippen molar-refractivity contribution in [2.45, 2.75) is 38.1 Å². The van der Waals surface area contributed by atoms with Gasteiger partial charge in [0.2, 0.25) is 0 Å². The Morgan fingerprint density at radius 3 is 2.34 bits per heavy atom. The van der Waals surface area contributed by atoms with Crippen molar-refractivity contribution in [1.82, 2.24) is 5.32 Å². The largest absolute Gasteiger partial charge is 0.490 e. The van der Waals surface area contributed by atoms with Gasteiger partial charge in [-0.05, 0) is 60.4 Å². The van der Waals surface area contributed by atoms with Crippen molar-refractivity contribution in [2.75, 3.05) is 13.2 Å². The number of nitro benzene ring substituents is 1. The van der Waals surface area contributed by atoms with Gasteiger partial charge in [0.15, 0.2) is 11.5 Å². The summed E-state index contributed by atoms with van der Waals surface area (Å²) >= 11 is 0. The number of fused-ring (bicyclic) bond motifs is 1. The first-order chi connectivity index (χ1) is 18.0. The van der Waals surface area contributed by atoms with Crippen LogP contribution in [0.3, 0.4) is 0 Å². The highest BCUT2D eigenvalue weighted by atomic mass is 32.2. The number of rotatable bonds is 8. The average molecular weight is 541 g/mol. The summed E-state index contributed by atoms with van der Waals surface area (Å²) in [5, 5.41) is 14.1. The van der Waals surface area contributed by atoms with Gasteiger partial charge in [0, 0.05) is 24.1 Å². The first-order valence-corrected chi connectivity index (χ1v) is 13.5. The van der Waals surface area contributed by atoms with E-state index in [0.717, 1.165) is 18.1 Å². The zero-order chi connectivity index (χ0) is 27.4. The summed E-state index contributed by atoms with van der Waals surface area (Å²) in [6, 6.07) is 14.4. The zero-order valence-electron chi connectivity index (χ0n) is 21.2. The molecule has 38 heavy (non-hydrogen) atoms. The molecule has 10 nitrogen and oxygen atoms in total. The third kappa shape index (κ3) is 6.05. The fraction of sp³-hybridized carbons (Fsp3) is 0.296. The SMILES string of the molecule is Cc1ccc([N+](=O)[O-])cc1S(=O)(=O)Oc1ccc(C(=O)N[C@@H](c2ccc3c(c2)OCCCO3)C(C)C)cc1. The first kappa shape index (κ1) is 26.9. The molecule has 1 aliphatic rings. The van der Waals surface area contributed by atoms with Crippen LogP contribution in [-0.2, 0) is 10.1 Å². The molecule has 3 aromatic rings. The minimum atomic E-state index is -4.34. The first-order valence-electron chi connectivity index (χ1n) is 12.0. The second kappa shape index (κ2) is 11.1. The molecule has 11 heteroatoms. The van der Waals surface area contributed by atoms with Crippen LogP contribution in [0, 0.1) is 23.0 Å². The summed E-state index contributed by atoms with van der Waals surface area (Å²) in [7, 11) is -4.34. The maximum absolute atomic E-state index is 13.1. The van der Waals surface area contributed by atoms with Gasteiger partial charge in [0.05, 0.1) is 24.2 Å². The van der Waals surface area contributed by atoms with E-state index in [4.69, 9.17) is 13.7 Å². The molecule has 1 atom stereocenters. The molecular formula is C27H28N2O8S. The number of carbonyl (C=O) groups is 1. The van der Waals surface area contributed by atoms with Crippen LogP contribution in [0.4, 0.5) is 5.69 Å². The monoisotopic (exact) mass is 540 g/mol. The lowest BCUT2D eigenvalue weighted by molar-refractivity contribution is -0.385. The Labute approximate surface area is 220 Å². The second-order valence-corrected chi connectivity index (χ2v) is 10.7. The van der Waals surface area contributed by atoms with Gasteiger partial charge >= 0.3 is 10.1 Å². The van der Waals surface area contributed by atoms with Gasteiger partial charge in [-0.15, -0.1) is 0 Å². The lowest BCUT2D eigenvalue weighted by atomic mass is 9.95. The molecule has 0 spiro atoms. The van der Waals surface area contributed by atoms with Gasteiger partial charge in [-0.3, -0.25) is 14.9 Å². The number of non-ortho nitro benzene ring substituents is 1. The number of nitrogens with one attached hydrogen (secondary N) is 1. The zero-order valence-corrected chi connectivity index (χ0v) is 22.0. The Balaban J connectivity index is 1.49. The summed E-state index contributed by atoms with van der Waals surface area (Å²) in [5.74, 6) is 0.998. The highest BCUT2D eigenvalue weighted by molar-refractivity contribution is 7.87. The van der Waals surface area contributed by atoms with Crippen molar-refractivity contribution in [3.8, 4) is 17.2 Å². The highest BCUT2D eigenvalue weighted by Gasteiger charge is 2.24. The lowest BCUT2D eigenvalue weighted by Crippen LogP contribution is -2.31. The van der Waals surface area contributed by atoms with Gasteiger partial charge in [0.25, 0.3) is 11.6 Å². The number of ether oxygens (including phenoxy) is 2. The number of nitrogens with zero attached hydrogens (tertiary/aromatic N) is 1. The quantitative estimate of drug-likeness (QED) is 0.241. The normalized spacial score (nSPS) is 13.9. The summed E-state index contributed by atoms with van der Waals surface area (Å²) in [6.45, 7) is 6.64. The van der Waals surface area contributed by atoms with Gasteiger partial charge in [-0.2, -0.15) is 8.42 Å². The molecule has 1 aliphatic heterocycles. The highest BCUT2D eigenvalue weighted by Crippen LogP contribution is 2.34. The maximum atomic E-state index is 13.1. The van der Waals surface area contributed by atoms with Gasteiger partial charge in [-0.25, -0.2) is 0 Å². The van der Waals surface area contributed by atoms with Gasteiger partial charge in [-0.1, -0.05) is 26.0 Å². The van der Waals surface area contributed by atoms with E-state index in [2.05, 4.69) is 5.32 Å². The minimum absolute atomic E-state index is 0.0317. The van der Waals surface area contributed by atoms with Crippen molar-refractivity contribution in [1.29, 1.82) is 0 Å². The third-order valence-corrected chi connectivity index (χ3v) is 7.45. The van der Waals surface area contributed by atoms with E-state index in [1.54, 1.807) is 0 Å². The van der Waals surface area contributed by atoms with Crippen molar-refractivity contribution < 1.29 is 31.8 Å². The van der Waals surface area contributed by atoms with Crippen LogP contribution in [0.2, 0.25) is 0 Å². The van der Waals surface area contributed by atoms with Crippen molar-refractivity contribution in [2.24, 2.45) is 5.92 Å². The maximum Gasteiger partial charge on any atom is 0.339 e. The van der Waals surface area contributed by atoms with E-state index in [-0.39, 0.29) is 34.2 Å². The summed E-state index contributed by atoms with van der Waals surface area (Å²) < 4.78 is 42.2. The van der Waals surface area contributed by atoms with E-state index in [1.807, 2.05) is 32.0 Å². The van der Waals surface area contributed by atoms with Gasteiger partial charge in [0.1, 0.15) is 10.6 Å². The Hall–Kier alpha value is -4.12. The number of hydrogen-bond acceptors (Lipinski definition) is 8. The number of benzene rings is 3. The molecule has 0 bridgehead atoms. The Bertz CT molecular complexity index is 1450. The van der Waals surface area contributed by atoms with E-state index < -0.39 is 15.0 Å². The summed E-state index contributed by atoms with van der Waals surface area (Å²) in [4.78, 5) is 23.1. The second-order valence-electron chi connectivity index (χ2n) is 9.22. The van der Waals surface area contributed by atoms with E-state index in [0.29, 0.717) is 35.8 Å². The molecule has 0 saturated carbocycles. The smallest absolute Gasteiger partial charge is 0.339 e. The molecule has 0 saturated heterocycles. The van der Waals surface area contributed by atoms with Crippen molar-refractivity contribution >= 4 is 21.7 Å². The van der Waals surface area contributed by atoms with E-state index in [1.165, 1.54) is 43.3 Å². The lowest BCUT2D eigenvalue weighted by Gasteiger charge is -2.24.